The average molecular weight is 136 g/mol. The normalized spacial score (nSPS) is 62.2. The van der Waals surface area contributed by atoms with Crippen molar-refractivity contribution in [2.75, 3.05) is 0 Å². The largest absolute Gasteiger partial charge is 0.303 e. The number of aldehydes is 1. The molecule has 0 aromatic heterocycles. The number of carbonyl (C=O) groups is 1. The number of rotatable bonds is 1. The summed E-state index contributed by atoms with van der Waals surface area (Å²) in [5, 5.41) is 0. The second-order valence-electron chi connectivity index (χ2n) is 4.26. The minimum Gasteiger partial charge on any atom is -0.303 e. The second kappa shape index (κ2) is 1.46. The predicted molar refractivity (Wildman–Crippen MR) is 37.4 cm³/mol. The fourth-order valence-electron chi connectivity index (χ4n) is 3.41. The van der Waals surface area contributed by atoms with Gasteiger partial charge in [0, 0.05) is 5.92 Å². The van der Waals surface area contributed by atoms with Gasteiger partial charge in [-0.1, -0.05) is 0 Å². The van der Waals surface area contributed by atoms with Crippen LogP contribution in [0.2, 0.25) is 0 Å². The first-order chi connectivity index (χ1) is 4.90. The summed E-state index contributed by atoms with van der Waals surface area (Å²) < 4.78 is 0. The van der Waals surface area contributed by atoms with Crippen LogP contribution in [0.1, 0.15) is 19.3 Å². The molecular formula is C9H12O. The van der Waals surface area contributed by atoms with E-state index in [2.05, 4.69) is 0 Å². The van der Waals surface area contributed by atoms with Gasteiger partial charge in [0.2, 0.25) is 0 Å². The third kappa shape index (κ3) is 0.446. The van der Waals surface area contributed by atoms with Crippen molar-refractivity contribution in [2.24, 2.45) is 29.6 Å². The molecule has 3 fully saturated rings. The van der Waals surface area contributed by atoms with Gasteiger partial charge in [0.15, 0.2) is 0 Å². The highest BCUT2D eigenvalue weighted by Gasteiger charge is 2.60. The summed E-state index contributed by atoms with van der Waals surface area (Å²) in [4.78, 5) is 10.6. The van der Waals surface area contributed by atoms with E-state index in [0.29, 0.717) is 5.92 Å². The van der Waals surface area contributed by atoms with Crippen molar-refractivity contribution < 1.29 is 4.79 Å². The van der Waals surface area contributed by atoms with Gasteiger partial charge >= 0.3 is 0 Å². The maximum atomic E-state index is 10.6. The molecule has 0 saturated heterocycles. The van der Waals surface area contributed by atoms with Crippen molar-refractivity contribution in [3.8, 4) is 0 Å². The van der Waals surface area contributed by atoms with E-state index in [0.717, 1.165) is 23.7 Å². The van der Waals surface area contributed by atoms with Gasteiger partial charge in [-0.2, -0.15) is 0 Å². The van der Waals surface area contributed by atoms with Crippen LogP contribution < -0.4 is 0 Å². The molecule has 2 bridgehead atoms. The zero-order valence-electron chi connectivity index (χ0n) is 5.99. The average Bonchev–Trinajstić information content (AvgIpc) is 2.58. The van der Waals surface area contributed by atoms with Crippen LogP contribution in [0, 0.1) is 29.6 Å². The fraction of sp³-hybridized carbons (Fsp3) is 0.889. The molecule has 3 rings (SSSR count). The smallest absolute Gasteiger partial charge is 0.123 e. The van der Waals surface area contributed by atoms with Crippen LogP contribution in [-0.4, -0.2) is 6.29 Å². The summed E-state index contributed by atoms with van der Waals surface area (Å²) in [5.41, 5.74) is 0. The Labute approximate surface area is 60.8 Å². The highest BCUT2D eigenvalue weighted by atomic mass is 16.1. The Morgan fingerprint density at radius 3 is 2.50 bits per heavy atom. The molecule has 54 valence electrons. The molecule has 10 heavy (non-hydrogen) atoms. The molecule has 5 atom stereocenters. The molecule has 0 amide bonds. The summed E-state index contributed by atoms with van der Waals surface area (Å²) in [7, 11) is 0. The monoisotopic (exact) mass is 136 g/mol. The highest BCUT2D eigenvalue weighted by Crippen LogP contribution is 2.67. The number of hydrogen-bond acceptors (Lipinski definition) is 1. The minimum absolute atomic E-state index is 0.466. The molecule has 5 unspecified atom stereocenters. The number of fused-ring (bicyclic) bond motifs is 5. The van der Waals surface area contributed by atoms with E-state index in [4.69, 9.17) is 0 Å². The van der Waals surface area contributed by atoms with Crippen molar-refractivity contribution in [1.82, 2.24) is 0 Å². The summed E-state index contributed by atoms with van der Waals surface area (Å²) in [6, 6.07) is 0. The summed E-state index contributed by atoms with van der Waals surface area (Å²) in [6.45, 7) is 0. The topological polar surface area (TPSA) is 17.1 Å². The third-order valence-corrected chi connectivity index (χ3v) is 3.92. The second-order valence-corrected chi connectivity index (χ2v) is 4.26. The quantitative estimate of drug-likeness (QED) is 0.499. The summed E-state index contributed by atoms with van der Waals surface area (Å²) in [5.74, 6) is 4.32. The van der Waals surface area contributed by atoms with E-state index in [1.165, 1.54) is 25.5 Å². The molecule has 0 aromatic carbocycles. The van der Waals surface area contributed by atoms with Crippen LogP contribution >= 0.6 is 0 Å². The maximum Gasteiger partial charge on any atom is 0.123 e. The highest BCUT2D eigenvalue weighted by molar-refractivity contribution is 5.56. The lowest BCUT2D eigenvalue weighted by Gasteiger charge is -2.13. The van der Waals surface area contributed by atoms with E-state index in [9.17, 15) is 4.79 Å². The Morgan fingerprint density at radius 1 is 1.00 bits per heavy atom. The molecule has 0 heterocycles. The van der Waals surface area contributed by atoms with Gasteiger partial charge in [-0.15, -0.1) is 0 Å². The Morgan fingerprint density at radius 2 is 1.90 bits per heavy atom. The molecular weight excluding hydrogens is 124 g/mol. The molecule has 0 radical (unpaired) electrons. The first kappa shape index (κ1) is 5.34. The standard InChI is InChI=1S/C9H12O/c10-4-6-1-5-2-7(6)9-3-8(5)9/h4-9H,1-3H2. The van der Waals surface area contributed by atoms with E-state index in [1.54, 1.807) is 0 Å². The molecule has 3 saturated carbocycles. The van der Waals surface area contributed by atoms with Crippen LogP contribution in [0.4, 0.5) is 0 Å². The van der Waals surface area contributed by atoms with Gasteiger partial charge in [0.25, 0.3) is 0 Å². The molecule has 1 nitrogen and oxygen atoms in total. The Bertz CT molecular complexity index is 187. The van der Waals surface area contributed by atoms with Crippen molar-refractivity contribution in [3.05, 3.63) is 0 Å². The van der Waals surface area contributed by atoms with Crippen LogP contribution in [-0.2, 0) is 4.79 Å². The van der Waals surface area contributed by atoms with Crippen LogP contribution in [0.25, 0.3) is 0 Å². The lowest BCUT2D eigenvalue weighted by Crippen LogP contribution is -2.13. The maximum absolute atomic E-state index is 10.6. The van der Waals surface area contributed by atoms with Gasteiger partial charge in [0.1, 0.15) is 6.29 Å². The van der Waals surface area contributed by atoms with Crippen molar-refractivity contribution in [3.63, 3.8) is 0 Å². The van der Waals surface area contributed by atoms with Crippen molar-refractivity contribution in [2.45, 2.75) is 19.3 Å². The van der Waals surface area contributed by atoms with E-state index in [1.807, 2.05) is 0 Å². The lowest BCUT2D eigenvalue weighted by molar-refractivity contribution is -0.112. The van der Waals surface area contributed by atoms with Gasteiger partial charge in [-0.05, 0) is 42.9 Å². The number of carbonyl (C=O) groups excluding carboxylic acids is 1. The van der Waals surface area contributed by atoms with Crippen LogP contribution in [0.5, 0.6) is 0 Å². The molecule has 0 N–H and O–H groups in total. The zero-order valence-corrected chi connectivity index (χ0v) is 5.99. The van der Waals surface area contributed by atoms with Gasteiger partial charge in [-0.3, -0.25) is 0 Å². The Kier molecular flexibility index (Phi) is 0.781. The zero-order chi connectivity index (χ0) is 6.72. The molecule has 0 aliphatic heterocycles. The van der Waals surface area contributed by atoms with E-state index >= 15 is 0 Å². The Balaban J connectivity index is 1.91. The Hall–Kier alpha value is -0.330. The van der Waals surface area contributed by atoms with Gasteiger partial charge in [0.05, 0.1) is 0 Å². The third-order valence-electron chi connectivity index (χ3n) is 3.92. The van der Waals surface area contributed by atoms with Crippen LogP contribution in [0.3, 0.4) is 0 Å². The summed E-state index contributed by atoms with van der Waals surface area (Å²) >= 11 is 0. The van der Waals surface area contributed by atoms with E-state index in [-0.39, 0.29) is 0 Å². The van der Waals surface area contributed by atoms with Gasteiger partial charge in [-0.25, -0.2) is 0 Å². The summed E-state index contributed by atoms with van der Waals surface area (Å²) in [6.07, 6.45) is 5.28. The van der Waals surface area contributed by atoms with Crippen LogP contribution in [0.15, 0.2) is 0 Å². The van der Waals surface area contributed by atoms with Gasteiger partial charge < -0.3 is 4.79 Å². The minimum atomic E-state index is 0.466. The van der Waals surface area contributed by atoms with E-state index < -0.39 is 0 Å². The molecule has 1 heteroatoms. The first-order valence-corrected chi connectivity index (χ1v) is 4.35. The molecule has 0 spiro atoms. The molecule has 3 aliphatic rings. The molecule has 0 aromatic rings. The fourth-order valence-corrected chi connectivity index (χ4v) is 3.41. The molecule has 3 aliphatic carbocycles. The predicted octanol–water partition coefficient (Wildman–Crippen LogP) is 1.48. The number of hydrogen-bond donors (Lipinski definition) is 0. The SMILES string of the molecule is O=CC1CC2CC1C1CC21. The van der Waals surface area contributed by atoms with Crippen molar-refractivity contribution in [1.29, 1.82) is 0 Å². The van der Waals surface area contributed by atoms with Crippen molar-refractivity contribution >= 4 is 6.29 Å². The lowest BCUT2D eigenvalue weighted by atomic mass is 9.90. The first-order valence-electron chi connectivity index (χ1n) is 4.35.